The predicted octanol–water partition coefficient (Wildman–Crippen LogP) is 2.62. The highest BCUT2D eigenvalue weighted by atomic mass is 16.5. The Labute approximate surface area is 84.6 Å². The smallest absolute Gasteiger partial charge is 0.119 e. The second-order valence-electron chi connectivity index (χ2n) is 3.78. The van der Waals surface area contributed by atoms with Crippen LogP contribution < -0.4 is 4.74 Å². The predicted molar refractivity (Wildman–Crippen MR) is 58.5 cm³/mol. The van der Waals surface area contributed by atoms with Crippen LogP contribution in [-0.2, 0) is 0 Å². The average Bonchev–Trinajstić information content (AvgIpc) is 2.23. The van der Waals surface area contributed by atoms with Crippen molar-refractivity contribution in [2.75, 3.05) is 13.7 Å². The third-order valence-corrected chi connectivity index (χ3v) is 2.78. The monoisotopic (exact) mass is 189 g/mol. The van der Waals surface area contributed by atoms with E-state index in [1.807, 2.05) is 6.07 Å². The highest BCUT2D eigenvalue weighted by Gasteiger charge is 2.17. The van der Waals surface area contributed by atoms with Gasteiger partial charge in [0.15, 0.2) is 0 Å². The molecule has 0 spiro atoms. The average molecular weight is 189 g/mol. The molecule has 0 aliphatic carbocycles. The summed E-state index contributed by atoms with van der Waals surface area (Å²) in [5.41, 5.74) is 3.75. The van der Waals surface area contributed by atoms with E-state index in [1.54, 1.807) is 7.11 Å². The summed E-state index contributed by atoms with van der Waals surface area (Å²) < 4.78 is 5.21. The van der Waals surface area contributed by atoms with Crippen molar-refractivity contribution in [1.29, 1.82) is 0 Å². The number of benzene rings is 1. The van der Waals surface area contributed by atoms with Crippen molar-refractivity contribution in [1.82, 2.24) is 0 Å². The van der Waals surface area contributed by atoms with Gasteiger partial charge in [-0.05, 0) is 24.6 Å². The lowest BCUT2D eigenvalue weighted by molar-refractivity contribution is 0.414. The minimum absolute atomic E-state index is 0.527. The number of methoxy groups -OCH3 is 1. The molecule has 1 aliphatic rings. The van der Waals surface area contributed by atoms with Crippen LogP contribution in [0.1, 0.15) is 30.9 Å². The summed E-state index contributed by atoms with van der Waals surface area (Å²) in [4.78, 5) is 4.49. The van der Waals surface area contributed by atoms with Gasteiger partial charge in [-0.1, -0.05) is 13.0 Å². The van der Waals surface area contributed by atoms with E-state index in [2.05, 4.69) is 31.0 Å². The summed E-state index contributed by atoms with van der Waals surface area (Å²) in [5, 5.41) is 0. The normalized spacial score (nSPS) is 19.9. The zero-order chi connectivity index (χ0) is 10.1. The molecule has 14 heavy (non-hydrogen) atoms. The second-order valence-corrected chi connectivity index (χ2v) is 3.78. The Morgan fingerprint density at radius 2 is 2.21 bits per heavy atom. The molecule has 1 atom stereocenters. The van der Waals surface area contributed by atoms with Gasteiger partial charge in [-0.15, -0.1) is 0 Å². The van der Waals surface area contributed by atoms with Crippen molar-refractivity contribution in [3.05, 3.63) is 29.3 Å². The number of aliphatic imine (C=N–C) groups is 1. The molecule has 1 unspecified atom stereocenters. The lowest BCUT2D eigenvalue weighted by Gasteiger charge is -2.20. The number of hydrogen-bond donors (Lipinski definition) is 0. The van der Waals surface area contributed by atoms with Crippen LogP contribution in [0.15, 0.2) is 23.2 Å². The van der Waals surface area contributed by atoms with Gasteiger partial charge in [0.2, 0.25) is 0 Å². The molecule has 1 aliphatic heterocycles. The van der Waals surface area contributed by atoms with Gasteiger partial charge in [0.05, 0.1) is 7.11 Å². The molecular formula is C12H15NO. The molecule has 0 amide bonds. The van der Waals surface area contributed by atoms with Crippen molar-refractivity contribution in [3.63, 3.8) is 0 Å². The Morgan fingerprint density at radius 3 is 2.93 bits per heavy atom. The number of ether oxygens (including phenoxy) is 1. The molecule has 0 radical (unpaired) electrons. The number of fused-ring (bicyclic) bond motifs is 1. The molecule has 2 rings (SSSR count). The quantitative estimate of drug-likeness (QED) is 0.665. The van der Waals surface area contributed by atoms with Crippen LogP contribution in [0, 0.1) is 0 Å². The van der Waals surface area contributed by atoms with Crippen molar-refractivity contribution < 1.29 is 4.74 Å². The fourth-order valence-electron chi connectivity index (χ4n) is 1.86. The highest BCUT2D eigenvalue weighted by Crippen LogP contribution is 2.28. The Kier molecular flexibility index (Phi) is 2.28. The van der Waals surface area contributed by atoms with Crippen molar-refractivity contribution in [3.8, 4) is 5.75 Å². The maximum atomic E-state index is 5.21. The second kappa shape index (κ2) is 3.45. The van der Waals surface area contributed by atoms with Gasteiger partial charge < -0.3 is 4.74 Å². The van der Waals surface area contributed by atoms with E-state index in [1.165, 1.54) is 11.1 Å². The molecule has 1 aromatic rings. The van der Waals surface area contributed by atoms with Crippen LogP contribution in [0.4, 0.5) is 0 Å². The maximum absolute atomic E-state index is 5.21. The lowest BCUT2D eigenvalue weighted by atomic mass is 9.91. The van der Waals surface area contributed by atoms with E-state index < -0.39 is 0 Å². The molecule has 0 saturated carbocycles. The van der Waals surface area contributed by atoms with E-state index in [-0.39, 0.29) is 0 Å². The van der Waals surface area contributed by atoms with Gasteiger partial charge in [-0.2, -0.15) is 0 Å². The zero-order valence-electron chi connectivity index (χ0n) is 8.87. The standard InChI is InChI=1S/C12H15NO/c1-8-7-13-9(2)12-6-10(14-3)4-5-11(8)12/h4-6,8H,7H2,1-3H3. The summed E-state index contributed by atoms with van der Waals surface area (Å²) in [6.45, 7) is 5.18. The van der Waals surface area contributed by atoms with Crippen LogP contribution in [0.25, 0.3) is 0 Å². The molecule has 1 heterocycles. The first-order chi connectivity index (χ1) is 6.72. The van der Waals surface area contributed by atoms with E-state index in [9.17, 15) is 0 Å². The minimum Gasteiger partial charge on any atom is -0.497 e. The summed E-state index contributed by atoms with van der Waals surface area (Å²) in [6.07, 6.45) is 0. The van der Waals surface area contributed by atoms with Crippen LogP contribution in [0.2, 0.25) is 0 Å². The summed E-state index contributed by atoms with van der Waals surface area (Å²) in [6, 6.07) is 6.24. The third-order valence-electron chi connectivity index (χ3n) is 2.78. The first kappa shape index (κ1) is 9.25. The first-order valence-electron chi connectivity index (χ1n) is 4.91. The highest BCUT2D eigenvalue weighted by molar-refractivity contribution is 6.01. The van der Waals surface area contributed by atoms with Gasteiger partial charge in [0.25, 0.3) is 0 Å². The Balaban J connectivity index is 2.53. The van der Waals surface area contributed by atoms with Crippen LogP contribution in [0.5, 0.6) is 5.75 Å². The van der Waals surface area contributed by atoms with Gasteiger partial charge in [0.1, 0.15) is 5.75 Å². The van der Waals surface area contributed by atoms with Crippen LogP contribution >= 0.6 is 0 Å². The molecule has 2 heteroatoms. The Morgan fingerprint density at radius 1 is 1.43 bits per heavy atom. The largest absolute Gasteiger partial charge is 0.497 e. The maximum Gasteiger partial charge on any atom is 0.119 e. The topological polar surface area (TPSA) is 21.6 Å². The molecule has 1 aromatic carbocycles. The van der Waals surface area contributed by atoms with E-state index in [4.69, 9.17) is 4.74 Å². The molecule has 2 nitrogen and oxygen atoms in total. The molecule has 0 aromatic heterocycles. The molecule has 0 bridgehead atoms. The molecule has 0 fully saturated rings. The van der Waals surface area contributed by atoms with Crippen molar-refractivity contribution in [2.24, 2.45) is 4.99 Å². The first-order valence-corrected chi connectivity index (χ1v) is 4.91. The summed E-state index contributed by atoms with van der Waals surface area (Å²) >= 11 is 0. The van der Waals surface area contributed by atoms with Crippen molar-refractivity contribution >= 4 is 5.71 Å². The van der Waals surface area contributed by atoms with E-state index in [0.717, 1.165) is 18.0 Å². The fourth-order valence-corrected chi connectivity index (χ4v) is 1.86. The fraction of sp³-hybridized carbons (Fsp3) is 0.417. The Hall–Kier alpha value is -1.31. The SMILES string of the molecule is COc1ccc2c(c1)C(C)=NCC2C. The van der Waals surface area contributed by atoms with Crippen molar-refractivity contribution in [2.45, 2.75) is 19.8 Å². The molecule has 74 valence electrons. The van der Waals surface area contributed by atoms with Gasteiger partial charge in [-0.25, -0.2) is 0 Å². The summed E-state index contributed by atoms with van der Waals surface area (Å²) in [5.74, 6) is 1.44. The number of rotatable bonds is 1. The molecular weight excluding hydrogens is 174 g/mol. The zero-order valence-corrected chi connectivity index (χ0v) is 8.87. The van der Waals surface area contributed by atoms with Crippen LogP contribution in [-0.4, -0.2) is 19.4 Å². The number of hydrogen-bond acceptors (Lipinski definition) is 2. The minimum atomic E-state index is 0.527. The van der Waals surface area contributed by atoms with Gasteiger partial charge in [0, 0.05) is 23.7 Å². The van der Waals surface area contributed by atoms with Crippen LogP contribution in [0.3, 0.4) is 0 Å². The number of nitrogens with zero attached hydrogens (tertiary/aromatic N) is 1. The molecule has 0 saturated heterocycles. The third kappa shape index (κ3) is 1.41. The Bertz CT molecular complexity index is 382. The molecule has 0 N–H and O–H groups in total. The lowest BCUT2D eigenvalue weighted by Crippen LogP contribution is -2.13. The van der Waals surface area contributed by atoms with Gasteiger partial charge >= 0.3 is 0 Å². The van der Waals surface area contributed by atoms with E-state index in [0.29, 0.717) is 5.92 Å². The van der Waals surface area contributed by atoms with E-state index >= 15 is 0 Å². The summed E-state index contributed by atoms with van der Waals surface area (Å²) in [7, 11) is 1.69. The van der Waals surface area contributed by atoms with Gasteiger partial charge in [-0.3, -0.25) is 4.99 Å².